The van der Waals surface area contributed by atoms with Crippen molar-refractivity contribution in [3.63, 3.8) is 0 Å². The Bertz CT molecular complexity index is 398. The van der Waals surface area contributed by atoms with Gasteiger partial charge in [-0.15, -0.1) is 0 Å². The van der Waals surface area contributed by atoms with Crippen LogP contribution in [0.2, 0.25) is 5.02 Å². The second kappa shape index (κ2) is 6.77. The second-order valence-corrected chi connectivity index (χ2v) is 4.99. The molecule has 3 nitrogen and oxygen atoms in total. The summed E-state index contributed by atoms with van der Waals surface area (Å²) >= 11 is 7.63. The van der Waals surface area contributed by atoms with Crippen LogP contribution in [-0.2, 0) is 0 Å². The summed E-state index contributed by atoms with van der Waals surface area (Å²) in [6.07, 6.45) is 2.97. The Morgan fingerprint density at radius 2 is 2.29 bits per heavy atom. The Morgan fingerprint density at radius 3 is 2.82 bits per heavy atom. The topological polar surface area (TPSA) is 49.3 Å². The highest BCUT2D eigenvalue weighted by Crippen LogP contribution is 2.25. The van der Waals surface area contributed by atoms with Crippen LogP contribution < -0.4 is 5.32 Å². The number of thioether (sulfide) groups is 1. The van der Waals surface area contributed by atoms with Gasteiger partial charge in [0.05, 0.1) is 10.7 Å². The maximum absolute atomic E-state index is 11.1. The predicted molar refractivity (Wildman–Crippen MR) is 74.5 cm³/mol. The van der Waals surface area contributed by atoms with Crippen LogP contribution in [0.1, 0.15) is 23.7 Å². The Kier molecular flexibility index (Phi) is 5.65. The molecule has 1 aromatic rings. The van der Waals surface area contributed by atoms with E-state index in [1.165, 1.54) is 0 Å². The first-order valence-corrected chi connectivity index (χ1v) is 7.14. The lowest BCUT2D eigenvalue weighted by Crippen LogP contribution is -2.22. The van der Waals surface area contributed by atoms with Crippen molar-refractivity contribution >= 4 is 35.0 Å². The van der Waals surface area contributed by atoms with Gasteiger partial charge < -0.3 is 10.4 Å². The molecule has 17 heavy (non-hydrogen) atoms. The number of rotatable bonds is 6. The molecule has 1 rings (SSSR count). The van der Waals surface area contributed by atoms with Gasteiger partial charge in [0.15, 0.2) is 0 Å². The third-order valence-electron chi connectivity index (χ3n) is 2.45. The molecule has 0 amide bonds. The Morgan fingerprint density at radius 1 is 1.59 bits per heavy atom. The minimum absolute atomic E-state index is 0.147. The molecular formula is C12H16ClNO2S. The maximum atomic E-state index is 11.1. The van der Waals surface area contributed by atoms with Crippen molar-refractivity contribution in [3.8, 4) is 0 Å². The molecule has 0 saturated carbocycles. The van der Waals surface area contributed by atoms with Gasteiger partial charge in [0.25, 0.3) is 0 Å². The number of benzene rings is 1. The molecule has 0 aliphatic heterocycles. The first-order chi connectivity index (χ1) is 8.10. The normalized spacial score (nSPS) is 12.2. The van der Waals surface area contributed by atoms with Crippen molar-refractivity contribution in [2.75, 3.05) is 17.3 Å². The van der Waals surface area contributed by atoms with Crippen LogP contribution in [-0.4, -0.2) is 29.1 Å². The van der Waals surface area contributed by atoms with Crippen LogP contribution in [0, 0.1) is 0 Å². The quantitative estimate of drug-likeness (QED) is 0.832. The van der Waals surface area contributed by atoms with Gasteiger partial charge in [-0.2, -0.15) is 11.8 Å². The third kappa shape index (κ3) is 3.82. The zero-order valence-corrected chi connectivity index (χ0v) is 11.4. The molecule has 1 aromatic carbocycles. The molecule has 1 atom stereocenters. The maximum Gasteiger partial charge on any atom is 0.339 e. The molecule has 0 fully saturated rings. The van der Waals surface area contributed by atoms with Gasteiger partial charge in [0.1, 0.15) is 5.56 Å². The number of aromatic carboxylic acids is 1. The molecule has 94 valence electrons. The van der Waals surface area contributed by atoms with Crippen LogP contribution in [0.25, 0.3) is 0 Å². The Balaban J connectivity index is 2.97. The van der Waals surface area contributed by atoms with Gasteiger partial charge >= 0.3 is 5.97 Å². The summed E-state index contributed by atoms with van der Waals surface area (Å²) in [6.45, 7) is 2.07. The zero-order valence-electron chi connectivity index (χ0n) is 9.87. The van der Waals surface area contributed by atoms with E-state index in [4.69, 9.17) is 16.7 Å². The average Bonchev–Trinajstić information content (AvgIpc) is 2.28. The zero-order chi connectivity index (χ0) is 12.8. The number of carboxylic acid groups (broad SMARTS) is 1. The van der Waals surface area contributed by atoms with Crippen molar-refractivity contribution in [1.82, 2.24) is 0 Å². The molecule has 5 heteroatoms. The van der Waals surface area contributed by atoms with Gasteiger partial charge in [0, 0.05) is 11.8 Å². The summed E-state index contributed by atoms with van der Waals surface area (Å²) in [5.74, 6) is -0.0701. The lowest BCUT2D eigenvalue weighted by Gasteiger charge is -2.19. The van der Waals surface area contributed by atoms with Crippen LogP contribution in [0.15, 0.2) is 18.2 Å². The molecular weight excluding hydrogens is 258 g/mol. The van der Waals surface area contributed by atoms with Crippen LogP contribution in [0.5, 0.6) is 0 Å². The standard InChI is InChI=1S/C12H16ClNO2S/c1-3-8(7-17-2)14-10-6-4-5-9(13)11(10)12(15)16/h4-6,8,14H,3,7H2,1-2H3,(H,15,16). The lowest BCUT2D eigenvalue weighted by molar-refractivity contribution is 0.0698. The van der Waals surface area contributed by atoms with E-state index in [1.807, 2.05) is 6.26 Å². The van der Waals surface area contributed by atoms with Gasteiger partial charge in [-0.3, -0.25) is 0 Å². The number of carboxylic acids is 1. The van der Waals surface area contributed by atoms with E-state index in [0.29, 0.717) is 5.69 Å². The van der Waals surface area contributed by atoms with E-state index in [9.17, 15) is 4.79 Å². The fourth-order valence-electron chi connectivity index (χ4n) is 1.54. The fraction of sp³-hybridized carbons (Fsp3) is 0.417. The van der Waals surface area contributed by atoms with Crippen LogP contribution in [0.4, 0.5) is 5.69 Å². The fourth-order valence-corrected chi connectivity index (χ4v) is 2.52. The monoisotopic (exact) mass is 273 g/mol. The van der Waals surface area contributed by atoms with Gasteiger partial charge in [-0.1, -0.05) is 24.6 Å². The molecule has 0 aromatic heterocycles. The van der Waals surface area contributed by atoms with E-state index in [1.54, 1.807) is 30.0 Å². The molecule has 2 N–H and O–H groups in total. The molecule has 0 bridgehead atoms. The minimum Gasteiger partial charge on any atom is -0.478 e. The largest absolute Gasteiger partial charge is 0.478 e. The third-order valence-corrected chi connectivity index (χ3v) is 3.50. The summed E-state index contributed by atoms with van der Waals surface area (Å²) in [5, 5.41) is 12.6. The SMILES string of the molecule is CCC(CSC)Nc1cccc(Cl)c1C(=O)O. The molecule has 0 heterocycles. The van der Waals surface area contributed by atoms with Crippen LogP contribution >= 0.6 is 23.4 Å². The first kappa shape index (κ1) is 14.2. The summed E-state index contributed by atoms with van der Waals surface area (Å²) in [6, 6.07) is 5.34. The van der Waals surface area contributed by atoms with Crippen LogP contribution in [0.3, 0.4) is 0 Å². The van der Waals surface area contributed by atoms with Crippen molar-refractivity contribution in [2.45, 2.75) is 19.4 Å². The van der Waals surface area contributed by atoms with Crippen molar-refractivity contribution in [1.29, 1.82) is 0 Å². The second-order valence-electron chi connectivity index (χ2n) is 3.67. The first-order valence-electron chi connectivity index (χ1n) is 5.37. The number of nitrogens with one attached hydrogen (secondary N) is 1. The lowest BCUT2D eigenvalue weighted by atomic mass is 10.1. The summed E-state index contributed by atoms with van der Waals surface area (Å²) in [7, 11) is 0. The molecule has 0 aliphatic carbocycles. The number of halogens is 1. The average molecular weight is 274 g/mol. The minimum atomic E-state index is -1.00. The highest BCUT2D eigenvalue weighted by molar-refractivity contribution is 7.98. The van der Waals surface area contributed by atoms with Crippen molar-refractivity contribution < 1.29 is 9.90 Å². The van der Waals surface area contributed by atoms with Crippen molar-refractivity contribution in [2.24, 2.45) is 0 Å². The van der Waals surface area contributed by atoms with Gasteiger partial charge in [-0.05, 0) is 24.8 Å². The van der Waals surface area contributed by atoms with Gasteiger partial charge in [-0.25, -0.2) is 4.79 Å². The summed E-state index contributed by atoms with van der Waals surface area (Å²) in [4.78, 5) is 11.1. The van der Waals surface area contributed by atoms with E-state index in [2.05, 4.69) is 12.2 Å². The molecule has 0 spiro atoms. The summed E-state index contributed by atoms with van der Waals surface area (Å²) in [5.41, 5.74) is 0.736. The Labute approximate surface area is 111 Å². The highest BCUT2D eigenvalue weighted by Gasteiger charge is 2.16. The van der Waals surface area contributed by atoms with Crippen molar-refractivity contribution in [3.05, 3.63) is 28.8 Å². The van der Waals surface area contributed by atoms with Gasteiger partial charge in [0.2, 0.25) is 0 Å². The van der Waals surface area contributed by atoms with E-state index in [-0.39, 0.29) is 16.6 Å². The Hall–Kier alpha value is -0.870. The molecule has 0 aliphatic rings. The van der Waals surface area contributed by atoms with E-state index < -0.39 is 5.97 Å². The number of carbonyl (C=O) groups is 1. The van der Waals surface area contributed by atoms with E-state index >= 15 is 0 Å². The molecule has 1 unspecified atom stereocenters. The smallest absolute Gasteiger partial charge is 0.339 e. The number of anilines is 1. The molecule has 0 radical (unpaired) electrons. The molecule has 0 saturated heterocycles. The predicted octanol–water partition coefficient (Wildman–Crippen LogP) is 3.59. The highest BCUT2D eigenvalue weighted by atomic mass is 35.5. The number of hydrogen-bond donors (Lipinski definition) is 2. The van der Waals surface area contributed by atoms with E-state index in [0.717, 1.165) is 12.2 Å². The number of hydrogen-bond acceptors (Lipinski definition) is 3. The summed E-state index contributed by atoms with van der Waals surface area (Å²) < 4.78 is 0.